The molecule has 196 valence electrons. The molecule has 3 heterocycles. The van der Waals surface area contributed by atoms with Crippen molar-refractivity contribution < 1.29 is 14.3 Å². The molecule has 0 aliphatic carbocycles. The standard InChI is InChI=1S/C32H34N2O3S/c35-32(29-7-5-17-33-29)37-26-15-11-24(12-16-26)31-28(27-6-1-2-8-30(27)38-31)22-23-9-13-25(14-10-23)36-21-20-34-18-3-4-19-34/h1-2,6,8-16,29,33H,3-5,7,17-22H2/t29-/m0/s1. The van der Waals surface area contributed by atoms with Gasteiger partial charge in [0, 0.05) is 16.1 Å². The van der Waals surface area contributed by atoms with Crippen molar-refractivity contribution in [2.75, 3.05) is 32.8 Å². The molecule has 2 fully saturated rings. The first-order valence-corrected chi connectivity index (χ1v) is 14.5. The molecule has 4 aromatic rings. The van der Waals surface area contributed by atoms with Crippen LogP contribution >= 0.6 is 11.3 Å². The molecule has 0 spiro atoms. The van der Waals surface area contributed by atoms with E-state index in [0.29, 0.717) is 5.75 Å². The summed E-state index contributed by atoms with van der Waals surface area (Å²) in [6.45, 7) is 5.01. The fraction of sp³-hybridized carbons (Fsp3) is 0.344. The average molecular weight is 527 g/mol. The highest BCUT2D eigenvalue weighted by molar-refractivity contribution is 7.22. The maximum Gasteiger partial charge on any atom is 0.328 e. The van der Waals surface area contributed by atoms with E-state index in [1.165, 1.54) is 52.0 Å². The minimum atomic E-state index is -0.193. The van der Waals surface area contributed by atoms with Crippen molar-refractivity contribution in [3.8, 4) is 21.9 Å². The van der Waals surface area contributed by atoms with Gasteiger partial charge in [-0.2, -0.15) is 0 Å². The molecule has 38 heavy (non-hydrogen) atoms. The number of hydrogen-bond acceptors (Lipinski definition) is 6. The Morgan fingerprint density at radius 3 is 2.45 bits per heavy atom. The van der Waals surface area contributed by atoms with Crippen LogP contribution in [-0.2, 0) is 11.2 Å². The van der Waals surface area contributed by atoms with Crippen molar-refractivity contribution in [2.24, 2.45) is 0 Å². The third kappa shape index (κ3) is 5.78. The highest BCUT2D eigenvalue weighted by Gasteiger charge is 2.24. The Kier molecular flexibility index (Phi) is 7.72. The summed E-state index contributed by atoms with van der Waals surface area (Å²) < 4.78 is 12.9. The zero-order valence-electron chi connectivity index (χ0n) is 21.7. The fourth-order valence-electron chi connectivity index (χ4n) is 5.46. The van der Waals surface area contributed by atoms with Crippen molar-refractivity contribution >= 4 is 27.4 Å². The maximum atomic E-state index is 12.4. The van der Waals surface area contributed by atoms with Crippen LogP contribution in [0.4, 0.5) is 0 Å². The van der Waals surface area contributed by atoms with Crippen LogP contribution in [0.2, 0.25) is 0 Å². The number of rotatable bonds is 9. The third-order valence-corrected chi connectivity index (χ3v) is 8.82. The predicted molar refractivity (Wildman–Crippen MR) is 154 cm³/mol. The first kappa shape index (κ1) is 25.1. The van der Waals surface area contributed by atoms with Crippen LogP contribution in [0, 0.1) is 0 Å². The Morgan fingerprint density at radius 2 is 1.68 bits per heavy atom. The molecule has 1 aromatic heterocycles. The highest BCUT2D eigenvalue weighted by Crippen LogP contribution is 2.40. The van der Waals surface area contributed by atoms with Crippen LogP contribution in [-0.4, -0.2) is 49.7 Å². The number of nitrogens with one attached hydrogen (secondary N) is 1. The van der Waals surface area contributed by atoms with E-state index in [2.05, 4.69) is 70.9 Å². The molecule has 6 heteroatoms. The monoisotopic (exact) mass is 526 g/mol. The van der Waals surface area contributed by atoms with Crippen molar-refractivity contribution in [3.05, 3.63) is 83.9 Å². The van der Waals surface area contributed by atoms with Gasteiger partial charge in [-0.15, -0.1) is 11.3 Å². The minimum Gasteiger partial charge on any atom is -0.492 e. The molecule has 0 amide bonds. The number of thiophene rings is 1. The number of ether oxygens (including phenoxy) is 2. The van der Waals surface area contributed by atoms with Crippen LogP contribution in [0.3, 0.4) is 0 Å². The molecule has 5 nitrogen and oxygen atoms in total. The van der Waals surface area contributed by atoms with E-state index in [9.17, 15) is 4.79 Å². The molecule has 1 N–H and O–H groups in total. The smallest absolute Gasteiger partial charge is 0.328 e. The van der Waals surface area contributed by atoms with Crippen LogP contribution in [0.5, 0.6) is 11.5 Å². The van der Waals surface area contributed by atoms with Crippen molar-refractivity contribution in [1.29, 1.82) is 0 Å². The number of fused-ring (bicyclic) bond motifs is 1. The largest absolute Gasteiger partial charge is 0.492 e. The lowest BCUT2D eigenvalue weighted by atomic mass is 9.99. The summed E-state index contributed by atoms with van der Waals surface area (Å²) in [6.07, 6.45) is 5.32. The molecular weight excluding hydrogens is 492 g/mol. The lowest BCUT2D eigenvalue weighted by Gasteiger charge is -2.15. The van der Waals surface area contributed by atoms with Gasteiger partial charge in [0.25, 0.3) is 0 Å². The molecular formula is C32H34N2O3S. The van der Waals surface area contributed by atoms with Crippen LogP contribution in [0.15, 0.2) is 72.8 Å². The van der Waals surface area contributed by atoms with Gasteiger partial charge in [-0.05, 0) is 116 Å². The molecule has 0 radical (unpaired) electrons. The lowest BCUT2D eigenvalue weighted by Crippen LogP contribution is -2.34. The Bertz CT molecular complexity index is 1370. The van der Waals surface area contributed by atoms with Gasteiger partial charge in [-0.25, -0.2) is 4.79 Å². The SMILES string of the molecule is O=C(Oc1ccc(-c2sc3ccccc3c2Cc2ccc(OCCN3CCCC3)cc2)cc1)[C@@H]1CCCN1. The quantitative estimate of drug-likeness (QED) is 0.205. The molecule has 2 aliphatic rings. The van der Waals surface area contributed by atoms with E-state index in [-0.39, 0.29) is 12.0 Å². The summed E-state index contributed by atoms with van der Waals surface area (Å²) >= 11 is 1.82. The van der Waals surface area contributed by atoms with E-state index in [1.807, 2.05) is 23.5 Å². The minimum absolute atomic E-state index is 0.189. The highest BCUT2D eigenvalue weighted by atomic mass is 32.1. The Labute approximate surface area is 228 Å². The Balaban J connectivity index is 1.17. The van der Waals surface area contributed by atoms with Gasteiger partial charge in [-0.3, -0.25) is 4.90 Å². The van der Waals surface area contributed by atoms with Crippen LogP contribution in [0.1, 0.15) is 36.8 Å². The third-order valence-electron chi connectivity index (χ3n) is 7.56. The van der Waals surface area contributed by atoms with Gasteiger partial charge in [-0.1, -0.05) is 30.3 Å². The van der Waals surface area contributed by atoms with E-state index in [0.717, 1.165) is 50.3 Å². The zero-order chi connectivity index (χ0) is 25.7. The van der Waals surface area contributed by atoms with Gasteiger partial charge >= 0.3 is 5.97 Å². The molecule has 0 saturated carbocycles. The predicted octanol–water partition coefficient (Wildman–Crippen LogP) is 6.29. The van der Waals surface area contributed by atoms with Crippen molar-refractivity contribution in [3.63, 3.8) is 0 Å². The lowest BCUT2D eigenvalue weighted by molar-refractivity contribution is -0.136. The van der Waals surface area contributed by atoms with E-state index < -0.39 is 0 Å². The number of esters is 1. The van der Waals surface area contributed by atoms with E-state index in [1.54, 1.807) is 0 Å². The van der Waals surface area contributed by atoms with Crippen LogP contribution in [0.25, 0.3) is 20.5 Å². The summed E-state index contributed by atoms with van der Waals surface area (Å²) in [6, 6.07) is 24.9. The zero-order valence-corrected chi connectivity index (χ0v) is 22.5. The van der Waals surface area contributed by atoms with Gasteiger partial charge in [0.15, 0.2) is 0 Å². The second kappa shape index (κ2) is 11.7. The molecule has 6 rings (SSSR count). The number of likely N-dealkylation sites (tertiary alicyclic amines) is 1. The first-order chi connectivity index (χ1) is 18.7. The number of hydrogen-bond donors (Lipinski definition) is 1. The van der Waals surface area contributed by atoms with Crippen LogP contribution < -0.4 is 14.8 Å². The Hall–Kier alpha value is -3.19. The normalized spacial score (nSPS) is 17.7. The number of carbonyl (C=O) groups is 1. The van der Waals surface area contributed by atoms with Gasteiger partial charge in [0.05, 0.1) is 0 Å². The number of nitrogens with zero attached hydrogens (tertiary/aromatic N) is 1. The molecule has 0 bridgehead atoms. The molecule has 2 aliphatic heterocycles. The molecule has 3 aromatic carbocycles. The second-order valence-corrected chi connectivity index (χ2v) is 11.3. The summed E-state index contributed by atoms with van der Waals surface area (Å²) in [5.74, 6) is 1.33. The van der Waals surface area contributed by atoms with E-state index in [4.69, 9.17) is 9.47 Å². The summed E-state index contributed by atoms with van der Waals surface area (Å²) in [4.78, 5) is 16.1. The number of benzene rings is 3. The van der Waals surface area contributed by atoms with Gasteiger partial charge in [0.2, 0.25) is 0 Å². The maximum absolute atomic E-state index is 12.4. The van der Waals surface area contributed by atoms with Crippen molar-refractivity contribution in [1.82, 2.24) is 10.2 Å². The first-order valence-electron chi connectivity index (χ1n) is 13.7. The average Bonchev–Trinajstić information content (AvgIpc) is 3.73. The van der Waals surface area contributed by atoms with Gasteiger partial charge in [0.1, 0.15) is 24.1 Å². The van der Waals surface area contributed by atoms with Crippen molar-refractivity contribution in [2.45, 2.75) is 38.1 Å². The molecule has 0 unspecified atom stereocenters. The second-order valence-electron chi connectivity index (χ2n) is 10.2. The van der Waals surface area contributed by atoms with Gasteiger partial charge < -0.3 is 14.8 Å². The van der Waals surface area contributed by atoms with E-state index >= 15 is 0 Å². The summed E-state index contributed by atoms with van der Waals surface area (Å²) in [5, 5.41) is 4.49. The summed E-state index contributed by atoms with van der Waals surface area (Å²) in [7, 11) is 0. The molecule has 2 saturated heterocycles. The summed E-state index contributed by atoms with van der Waals surface area (Å²) in [5.41, 5.74) is 3.73. The molecule has 1 atom stereocenters. The fourth-order valence-corrected chi connectivity index (χ4v) is 6.69. The number of carbonyl (C=O) groups excluding carboxylic acids is 1. The topological polar surface area (TPSA) is 50.8 Å². The Morgan fingerprint density at radius 1 is 0.921 bits per heavy atom.